The van der Waals surface area contributed by atoms with Crippen molar-refractivity contribution in [2.45, 2.75) is 73.6 Å². The molecule has 1 rings (SSSR count). The molecule has 19 heteroatoms. The van der Waals surface area contributed by atoms with Gasteiger partial charge in [0, 0.05) is 12.8 Å². The van der Waals surface area contributed by atoms with Gasteiger partial charge in [-0.15, -0.1) is 0 Å². The van der Waals surface area contributed by atoms with Crippen LogP contribution in [-0.4, -0.2) is 60.2 Å². The number of alkyl halides is 18. The molecule has 1 aromatic rings. The van der Waals surface area contributed by atoms with Crippen LogP contribution in [0.1, 0.15) is 25.7 Å². The lowest BCUT2D eigenvalue weighted by atomic mass is 10.00. The van der Waals surface area contributed by atoms with E-state index in [1.165, 1.54) is 30.3 Å². The third-order valence-electron chi connectivity index (χ3n) is 5.38. The van der Waals surface area contributed by atoms with Crippen LogP contribution >= 0.6 is 7.92 Å². The largest absolute Gasteiger partial charge is 0.460 e. The molecule has 0 aliphatic carbocycles. The molecule has 0 saturated carbocycles. The van der Waals surface area contributed by atoms with Crippen LogP contribution in [0.25, 0.3) is 0 Å². The van der Waals surface area contributed by atoms with Crippen LogP contribution in [-0.2, 0) is 0 Å². The average molecular weight is 630 g/mol. The van der Waals surface area contributed by atoms with Gasteiger partial charge in [0.05, 0.1) is 0 Å². The minimum atomic E-state index is -7.14. The van der Waals surface area contributed by atoms with E-state index < -0.39 is 93.8 Å². The molecular formula is C20H17F18P. The van der Waals surface area contributed by atoms with Gasteiger partial charge in [0.1, 0.15) is 0 Å². The minimum absolute atomic E-state index is 0.0823. The fraction of sp³-hybridized carbons (Fsp3) is 0.700. The second-order valence-corrected chi connectivity index (χ2v) is 10.7. The van der Waals surface area contributed by atoms with Crippen molar-refractivity contribution in [1.29, 1.82) is 0 Å². The fourth-order valence-corrected chi connectivity index (χ4v) is 5.54. The van der Waals surface area contributed by atoms with Crippen molar-refractivity contribution in [2.75, 3.05) is 12.3 Å². The summed E-state index contributed by atoms with van der Waals surface area (Å²) < 4.78 is 234. The van der Waals surface area contributed by atoms with Crippen LogP contribution in [0.4, 0.5) is 79.0 Å². The van der Waals surface area contributed by atoms with Crippen molar-refractivity contribution >= 4 is 13.2 Å². The molecular weight excluding hydrogens is 613 g/mol. The van der Waals surface area contributed by atoms with Gasteiger partial charge in [-0.25, -0.2) is 0 Å². The van der Waals surface area contributed by atoms with E-state index in [2.05, 4.69) is 0 Å². The highest BCUT2D eigenvalue weighted by Crippen LogP contribution is 2.56. The maximum Gasteiger partial charge on any atom is 0.460 e. The van der Waals surface area contributed by atoms with E-state index in [0.717, 1.165) is 0 Å². The second-order valence-electron chi connectivity index (χ2n) is 8.23. The Balaban J connectivity index is 3.03. The fourth-order valence-electron chi connectivity index (χ4n) is 3.12. The summed E-state index contributed by atoms with van der Waals surface area (Å²) in [6.45, 7) is 0. The molecule has 0 N–H and O–H groups in total. The highest BCUT2D eigenvalue weighted by atomic mass is 31.1. The van der Waals surface area contributed by atoms with Crippen LogP contribution in [0.15, 0.2) is 30.3 Å². The Labute approximate surface area is 209 Å². The third kappa shape index (κ3) is 7.00. The number of benzene rings is 1. The molecule has 0 fully saturated rings. The predicted molar refractivity (Wildman–Crippen MR) is 103 cm³/mol. The summed E-state index contributed by atoms with van der Waals surface area (Å²) in [4.78, 5) is 0. The van der Waals surface area contributed by atoms with Crippen LogP contribution in [0.5, 0.6) is 0 Å². The Morgan fingerprint density at radius 3 is 1.03 bits per heavy atom. The number of rotatable bonds is 13. The maximum absolute atomic E-state index is 13.8. The lowest BCUT2D eigenvalue weighted by molar-refractivity contribution is -0.396. The van der Waals surface area contributed by atoms with E-state index in [9.17, 15) is 79.0 Å². The minimum Gasteiger partial charge on any atom is -0.200 e. The van der Waals surface area contributed by atoms with Crippen LogP contribution in [0.2, 0.25) is 0 Å². The van der Waals surface area contributed by atoms with E-state index in [1.54, 1.807) is 0 Å². The van der Waals surface area contributed by atoms with Crippen molar-refractivity contribution in [3.63, 3.8) is 0 Å². The molecule has 0 aliphatic rings. The van der Waals surface area contributed by atoms with E-state index in [0.29, 0.717) is 0 Å². The molecule has 0 heterocycles. The van der Waals surface area contributed by atoms with Crippen molar-refractivity contribution in [3.8, 4) is 0 Å². The number of hydrogen-bond donors (Lipinski definition) is 0. The Bertz CT molecular complexity index is 863. The normalized spacial score (nSPS) is 15.3. The molecule has 0 saturated heterocycles. The first kappa shape index (κ1) is 35.4. The summed E-state index contributed by atoms with van der Waals surface area (Å²) in [7, 11) is -2.11. The average Bonchev–Trinajstić information content (AvgIpc) is 2.76. The van der Waals surface area contributed by atoms with Crippen molar-refractivity contribution < 1.29 is 79.0 Å². The Kier molecular flexibility index (Phi) is 10.3. The molecule has 0 spiro atoms. The molecule has 0 atom stereocenters. The zero-order valence-electron chi connectivity index (χ0n) is 18.9. The molecule has 0 radical (unpaired) electrons. The molecule has 0 aromatic heterocycles. The maximum atomic E-state index is 13.8. The van der Waals surface area contributed by atoms with Gasteiger partial charge in [-0.3, -0.25) is 0 Å². The number of hydrogen-bond acceptors (Lipinski definition) is 0. The zero-order valence-corrected chi connectivity index (χ0v) is 19.8. The topological polar surface area (TPSA) is 0 Å². The third-order valence-corrected chi connectivity index (χ3v) is 8.12. The van der Waals surface area contributed by atoms with Gasteiger partial charge >= 0.3 is 47.9 Å². The second kappa shape index (κ2) is 11.3. The summed E-state index contributed by atoms with van der Waals surface area (Å²) >= 11 is 0. The molecule has 0 nitrogen and oxygen atoms in total. The Morgan fingerprint density at radius 1 is 0.436 bits per heavy atom. The predicted octanol–water partition coefficient (Wildman–Crippen LogP) is 9.29. The van der Waals surface area contributed by atoms with Gasteiger partial charge in [-0.05, 0) is 30.5 Å². The number of halogens is 18. The highest BCUT2D eigenvalue weighted by Gasteiger charge is 2.82. The van der Waals surface area contributed by atoms with Gasteiger partial charge in [0.2, 0.25) is 0 Å². The van der Waals surface area contributed by atoms with Gasteiger partial charge in [0.25, 0.3) is 0 Å². The van der Waals surface area contributed by atoms with Gasteiger partial charge < -0.3 is 0 Å². The molecule has 0 bridgehead atoms. The summed E-state index contributed by atoms with van der Waals surface area (Å²) in [5, 5.41) is 0.0823. The highest BCUT2D eigenvalue weighted by molar-refractivity contribution is 7.65. The lowest BCUT2D eigenvalue weighted by Gasteiger charge is -2.34. The summed E-state index contributed by atoms with van der Waals surface area (Å²) in [6, 6.07) is 6.29. The quantitative estimate of drug-likeness (QED) is 0.151. The first-order valence-electron chi connectivity index (χ1n) is 10.4. The molecule has 39 heavy (non-hydrogen) atoms. The van der Waals surface area contributed by atoms with Crippen molar-refractivity contribution in [3.05, 3.63) is 30.3 Å². The summed E-state index contributed by atoms with van der Waals surface area (Å²) in [5.74, 6) is -39.9. The van der Waals surface area contributed by atoms with Crippen LogP contribution in [0, 0.1) is 0 Å². The Morgan fingerprint density at radius 2 is 0.744 bits per heavy atom. The molecule has 0 unspecified atom stereocenters. The lowest BCUT2D eigenvalue weighted by Crippen LogP contribution is -2.60. The monoisotopic (exact) mass is 630 g/mol. The van der Waals surface area contributed by atoms with Crippen molar-refractivity contribution in [2.24, 2.45) is 0 Å². The van der Waals surface area contributed by atoms with Gasteiger partial charge in [0.15, 0.2) is 0 Å². The van der Waals surface area contributed by atoms with Crippen molar-refractivity contribution in [1.82, 2.24) is 0 Å². The molecule has 228 valence electrons. The van der Waals surface area contributed by atoms with E-state index in [1.807, 2.05) is 0 Å². The van der Waals surface area contributed by atoms with E-state index in [-0.39, 0.29) is 5.30 Å². The van der Waals surface area contributed by atoms with Gasteiger partial charge in [-0.2, -0.15) is 79.0 Å². The van der Waals surface area contributed by atoms with E-state index >= 15 is 0 Å². The first-order valence-corrected chi connectivity index (χ1v) is 12.1. The summed E-state index contributed by atoms with van der Waals surface area (Å²) in [6.07, 6.45) is -22.5. The van der Waals surface area contributed by atoms with Crippen LogP contribution < -0.4 is 5.30 Å². The smallest absolute Gasteiger partial charge is 0.200 e. The molecule has 0 aliphatic heterocycles. The molecule has 0 amide bonds. The standard InChI is InChI=1S/C20H17F18P/c21-13(22,15(25,26)17(29,30)19(33,34)35)8-4-10-39(12-6-2-1-3-7-12)11-5-9-14(23,24)16(27,28)18(31,32)20(36,37)38/h1-3,6-7H,4-5,8-11H2. The Hall–Kier alpha value is -1.61. The van der Waals surface area contributed by atoms with Gasteiger partial charge in [-0.1, -0.05) is 38.3 Å². The van der Waals surface area contributed by atoms with Crippen LogP contribution in [0.3, 0.4) is 0 Å². The SMILES string of the molecule is FC(F)(F)C(F)(F)C(F)(F)C(F)(F)CCCP(CCCC(F)(F)C(F)(F)C(F)(F)C(F)(F)F)c1ccccc1. The summed E-state index contributed by atoms with van der Waals surface area (Å²) in [5.41, 5.74) is 0. The van der Waals surface area contributed by atoms with E-state index in [4.69, 9.17) is 0 Å². The first-order chi connectivity index (χ1) is 17.2. The molecule has 1 aromatic carbocycles. The zero-order chi connectivity index (χ0) is 30.9.